The van der Waals surface area contributed by atoms with Crippen LogP contribution in [0.25, 0.3) is 44.5 Å². The van der Waals surface area contributed by atoms with E-state index in [9.17, 15) is 15.8 Å². The smallest absolute Gasteiger partial charge is 0.199 e. The van der Waals surface area contributed by atoms with E-state index >= 15 is 0 Å². The van der Waals surface area contributed by atoms with Crippen LogP contribution in [0.1, 0.15) is 11.4 Å². The fraction of sp³-hybridized carbons (Fsp3) is 0.0800. The average Bonchev–Trinajstić information content (AvgIpc) is 2.92. The van der Waals surface area contributed by atoms with Crippen LogP contribution in [0.4, 0.5) is 11.6 Å². The van der Waals surface area contributed by atoms with Crippen molar-refractivity contribution in [2.24, 2.45) is 0 Å². The molecule has 0 saturated carbocycles. The van der Waals surface area contributed by atoms with E-state index < -0.39 is 12.1 Å². The number of hydrogen-bond acceptors (Lipinski definition) is 11. The summed E-state index contributed by atoms with van der Waals surface area (Å²) in [5, 5.41) is 33.9. The zero-order valence-corrected chi connectivity index (χ0v) is 18.2. The molecule has 0 amide bonds. The van der Waals surface area contributed by atoms with Gasteiger partial charge in [0.05, 0.1) is 28.1 Å². The first-order valence-corrected chi connectivity index (χ1v) is 10.6. The summed E-state index contributed by atoms with van der Waals surface area (Å²) in [6, 6.07) is 15.9. The summed E-state index contributed by atoms with van der Waals surface area (Å²) in [6.07, 6.45) is 5.53. The highest BCUT2D eigenvalue weighted by atomic mass is 15.2. The van der Waals surface area contributed by atoms with E-state index in [0.717, 1.165) is 11.1 Å². The van der Waals surface area contributed by atoms with E-state index in [1.165, 1.54) is 0 Å². The lowest BCUT2D eigenvalue weighted by Gasteiger charge is -2.27. The van der Waals surface area contributed by atoms with E-state index in [1.807, 2.05) is 42.5 Å². The maximum atomic E-state index is 9.39. The molecule has 2 atom stereocenters. The molecule has 166 valence electrons. The molecule has 0 bridgehead atoms. The van der Waals surface area contributed by atoms with Gasteiger partial charge < -0.3 is 10.6 Å². The van der Waals surface area contributed by atoms with Crippen molar-refractivity contribution in [1.29, 1.82) is 15.8 Å². The Balaban J connectivity index is 1.43. The van der Waals surface area contributed by atoms with Crippen LogP contribution in [-0.4, -0.2) is 42.0 Å². The molecule has 11 heteroatoms. The molecule has 0 aliphatic carbocycles. The second-order valence-electron chi connectivity index (χ2n) is 7.88. The van der Waals surface area contributed by atoms with Crippen molar-refractivity contribution < 1.29 is 0 Å². The SMILES string of the molecule is C#CC1Nc2nc3ccc(-c4ccc5nc6nc(C#N)c(C#N)nc6nc5c4)cc3nc2NC1C#N. The second-order valence-corrected chi connectivity index (χ2v) is 7.88. The fourth-order valence-corrected chi connectivity index (χ4v) is 3.98. The number of nitrogens with zero attached hydrogens (tertiary/aromatic N) is 9. The van der Waals surface area contributed by atoms with Crippen molar-refractivity contribution in [3.05, 3.63) is 47.8 Å². The van der Waals surface area contributed by atoms with Crippen molar-refractivity contribution in [2.45, 2.75) is 12.1 Å². The number of aromatic nitrogens is 6. The highest BCUT2D eigenvalue weighted by molar-refractivity contribution is 5.90. The van der Waals surface area contributed by atoms with Gasteiger partial charge in [-0.2, -0.15) is 15.8 Å². The number of anilines is 2. The maximum Gasteiger partial charge on any atom is 0.199 e. The average molecular weight is 465 g/mol. The van der Waals surface area contributed by atoms with Gasteiger partial charge in [-0.05, 0) is 35.4 Å². The first kappa shape index (κ1) is 20.7. The lowest BCUT2D eigenvalue weighted by atomic mass is 10.0. The molecule has 0 spiro atoms. The van der Waals surface area contributed by atoms with E-state index in [2.05, 4.69) is 52.5 Å². The highest BCUT2D eigenvalue weighted by Crippen LogP contribution is 2.30. The predicted molar refractivity (Wildman–Crippen MR) is 130 cm³/mol. The third kappa shape index (κ3) is 3.21. The third-order valence-corrected chi connectivity index (χ3v) is 5.73. The number of nitrogens with one attached hydrogen (secondary N) is 2. The molecular weight excluding hydrogens is 454 g/mol. The van der Waals surface area contributed by atoms with Gasteiger partial charge in [-0.25, -0.2) is 29.9 Å². The molecule has 0 radical (unpaired) electrons. The summed E-state index contributed by atoms with van der Waals surface area (Å²) in [7, 11) is 0. The number of benzene rings is 2. The molecule has 1 aliphatic heterocycles. The fourth-order valence-electron chi connectivity index (χ4n) is 3.98. The van der Waals surface area contributed by atoms with E-state index in [0.29, 0.717) is 33.7 Å². The lowest BCUT2D eigenvalue weighted by Crippen LogP contribution is -2.41. The number of rotatable bonds is 1. The van der Waals surface area contributed by atoms with Crippen LogP contribution >= 0.6 is 0 Å². The van der Waals surface area contributed by atoms with Gasteiger partial charge in [0, 0.05) is 0 Å². The molecule has 5 aromatic rings. The largest absolute Gasteiger partial charge is 0.351 e. The van der Waals surface area contributed by atoms with Gasteiger partial charge in [-0.3, -0.25) is 0 Å². The minimum Gasteiger partial charge on any atom is -0.351 e. The van der Waals surface area contributed by atoms with Crippen LogP contribution < -0.4 is 10.6 Å². The van der Waals surface area contributed by atoms with E-state index in [-0.39, 0.29) is 22.7 Å². The monoisotopic (exact) mass is 465 g/mol. The summed E-state index contributed by atoms with van der Waals surface area (Å²) >= 11 is 0. The Kier molecular flexibility index (Phi) is 4.51. The first-order chi connectivity index (χ1) is 17.6. The van der Waals surface area contributed by atoms with Crippen LogP contribution in [0.15, 0.2) is 36.4 Å². The molecule has 36 heavy (non-hydrogen) atoms. The highest BCUT2D eigenvalue weighted by Gasteiger charge is 2.28. The zero-order valence-electron chi connectivity index (χ0n) is 18.2. The quantitative estimate of drug-likeness (QED) is 0.275. The van der Waals surface area contributed by atoms with Gasteiger partial charge in [0.15, 0.2) is 34.3 Å². The van der Waals surface area contributed by atoms with Crippen molar-refractivity contribution in [3.8, 4) is 41.7 Å². The number of fused-ring (bicyclic) bond motifs is 4. The molecule has 2 N–H and O–H groups in total. The summed E-state index contributed by atoms with van der Waals surface area (Å²) < 4.78 is 0. The van der Waals surface area contributed by atoms with Crippen molar-refractivity contribution in [1.82, 2.24) is 29.9 Å². The van der Waals surface area contributed by atoms with Crippen molar-refractivity contribution in [3.63, 3.8) is 0 Å². The van der Waals surface area contributed by atoms with Gasteiger partial charge in [0.2, 0.25) is 0 Å². The zero-order chi connectivity index (χ0) is 24.8. The molecule has 6 rings (SSSR count). The standard InChI is InChI=1S/C25H11N11/c1-2-14-19(9-26)34-24-22(29-14)30-15-5-3-12(7-17(15)32-24)13-4-6-16-18(8-13)33-25-23(31-16)35-20(10-27)21(11-28)36-25/h1,3-8,14,19H,(H,29,30)(H,32,34). The van der Waals surface area contributed by atoms with Crippen molar-refractivity contribution in [2.75, 3.05) is 10.6 Å². The Labute approximate surface area is 203 Å². The van der Waals surface area contributed by atoms with Gasteiger partial charge in [0.1, 0.15) is 24.2 Å². The Morgan fingerprint density at radius 2 is 1.14 bits per heavy atom. The molecule has 0 saturated heterocycles. The number of terminal acetylenes is 1. The molecule has 3 aromatic heterocycles. The summed E-state index contributed by atoms with van der Waals surface area (Å²) in [4.78, 5) is 26.5. The predicted octanol–water partition coefficient (Wildman–Crippen LogP) is 2.66. The molecule has 11 nitrogen and oxygen atoms in total. The van der Waals surface area contributed by atoms with Crippen LogP contribution in [-0.2, 0) is 0 Å². The van der Waals surface area contributed by atoms with Crippen LogP contribution in [0.2, 0.25) is 0 Å². The maximum absolute atomic E-state index is 9.39. The number of nitriles is 3. The lowest BCUT2D eigenvalue weighted by molar-refractivity contribution is 0.788. The van der Waals surface area contributed by atoms with Crippen LogP contribution in [0, 0.1) is 46.3 Å². The Morgan fingerprint density at radius 1 is 0.639 bits per heavy atom. The molecule has 2 unspecified atom stereocenters. The van der Waals surface area contributed by atoms with E-state index in [1.54, 1.807) is 6.07 Å². The molecule has 2 aromatic carbocycles. The molecule has 4 heterocycles. The minimum atomic E-state index is -0.625. The van der Waals surface area contributed by atoms with E-state index in [4.69, 9.17) is 6.42 Å². The summed E-state index contributed by atoms with van der Waals surface area (Å²) in [5.74, 6) is 3.50. The third-order valence-electron chi connectivity index (χ3n) is 5.73. The van der Waals surface area contributed by atoms with Gasteiger partial charge in [0.25, 0.3) is 0 Å². The topological polar surface area (TPSA) is 173 Å². The minimum absolute atomic E-state index is 0.0877. The Morgan fingerprint density at radius 3 is 1.69 bits per heavy atom. The van der Waals surface area contributed by atoms with Crippen LogP contribution in [0.5, 0.6) is 0 Å². The summed E-state index contributed by atoms with van der Waals surface area (Å²) in [6.45, 7) is 0. The van der Waals surface area contributed by atoms with Gasteiger partial charge in [-0.1, -0.05) is 18.1 Å². The molecular formula is C25H11N11. The summed E-state index contributed by atoms with van der Waals surface area (Å²) in [5.41, 5.74) is 4.35. The van der Waals surface area contributed by atoms with Gasteiger partial charge >= 0.3 is 0 Å². The normalized spacial score (nSPS) is 16.1. The Hall–Kier alpha value is -5.91. The van der Waals surface area contributed by atoms with Gasteiger partial charge in [-0.15, -0.1) is 6.42 Å². The Bertz CT molecular complexity index is 1920. The first-order valence-electron chi connectivity index (χ1n) is 10.6. The van der Waals surface area contributed by atoms with Crippen molar-refractivity contribution >= 4 is 45.0 Å². The van der Waals surface area contributed by atoms with Crippen LogP contribution in [0.3, 0.4) is 0 Å². The second kappa shape index (κ2) is 7.85. The molecule has 0 fully saturated rings. The number of hydrogen-bond donors (Lipinski definition) is 2. The molecule has 1 aliphatic rings.